The standard InChI is InChI=1S/C14H25N3O/c1-14(15,11-5-6-11)13(18)17-9-8-16-7-3-2-4-12(16)10-17/h11-12H,2-10,15H2,1H3. The highest BCUT2D eigenvalue weighted by Crippen LogP contribution is 2.39. The first-order valence-corrected chi connectivity index (χ1v) is 7.41. The van der Waals surface area contributed by atoms with Gasteiger partial charge >= 0.3 is 0 Å². The Labute approximate surface area is 109 Å². The molecule has 0 spiro atoms. The number of amides is 1. The van der Waals surface area contributed by atoms with Crippen LogP contribution in [0.5, 0.6) is 0 Å². The van der Waals surface area contributed by atoms with E-state index >= 15 is 0 Å². The Morgan fingerprint density at radius 2 is 1.94 bits per heavy atom. The molecule has 2 heterocycles. The average molecular weight is 251 g/mol. The number of rotatable bonds is 2. The van der Waals surface area contributed by atoms with Crippen LogP contribution in [0.3, 0.4) is 0 Å². The molecule has 3 rings (SSSR count). The van der Waals surface area contributed by atoms with E-state index in [1.54, 1.807) is 0 Å². The van der Waals surface area contributed by atoms with Crippen LogP contribution in [-0.4, -0.2) is 53.5 Å². The Balaban J connectivity index is 1.64. The number of nitrogens with two attached hydrogens (primary N) is 1. The van der Waals surface area contributed by atoms with Crippen LogP contribution in [0.1, 0.15) is 39.0 Å². The highest BCUT2D eigenvalue weighted by molar-refractivity contribution is 5.86. The van der Waals surface area contributed by atoms with Gasteiger partial charge in [-0.25, -0.2) is 0 Å². The van der Waals surface area contributed by atoms with Crippen molar-refractivity contribution < 1.29 is 4.79 Å². The van der Waals surface area contributed by atoms with Crippen molar-refractivity contribution in [2.75, 3.05) is 26.2 Å². The number of carbonyl (C=O) groups is 1. The molecule has 3 aliphatic rings. The maximum absolute atomic E-state index is 12.6. The third-order valence-corrected chi connectivity index (χ3v) is 5.01. The van der Waals surface area contributed by atoms with Crippen LogP contribution >= 0.6 is 0 Å². The Bertz CT molecular complexity index is 338. The van der Waals surface area contributed by atoms with Gasteiger partial charge in [-0.05, 0) is 45.1 Å². The summed E-state index contributed by atoms with van der Waals surface area (Å²) < 4.78 is 0. The molecule has 3 fully saturated rings. The molecule has 0 aromatic carbocycles. The topological polar surface area (TPSA) is 49.6 Å². The van der Waals surface area contributed by atoms with E-state index in [0.717, 1.165) is 32.5 Å². The monoisotopic (exact) mass is 251 g/mol. The molecule has 0 bridgehead atoms. The van der Waals surface area contributed by atoms with Crippen molar-refractivity contribution in [3.8, 4) is 0 Å². The van der Waals surface area contributed by atoms with E-state index < -0.39 is 5.54 Å². The van der Waals surface area contributed by atoms with E-state index in [-0.39, 0.29) is 5.91 Å². The molecule has 2 N–H and O–H groups in total. The SMILES string of the molecule is CC(N)(C(=O)N1CCN2CCCCC2C1)C1CC1. The smallest absolute Gasteiger partial charge is 0.242 e. The summed E-state index contributed by atoms with van der Waals surface area (Å²) in [6, 6.07) is 0.589. The first-order valence-electron chi connectivity index (χ1n) is 7.41. The first kappa shape index (κ1) is 12.4. The highest BCUT2D eigenvalue weighted by atomic mass is 16.2. The summed E-state index contributed by atoms with van der Waals surface area (Å²) in [7, 11) is 0. The average Bonchev–Trinajstić information content (AvgIpc) is 3.22. The van der Waals surface area contributed by atoms with Crippen molar-refractivity contribution in [3.05, 3.63) is 0 Å². The fraction of sp³-hybridized carbons (Fsp3) is 0.929. The zero-order chi connectivity index (χ0) is 12.8. The van der Waals surface area contributed by atoms with Crippen LogP contribution in [0, 0.1) is 5.92 Å². The molecular weight excluding hydrogens is 226 g/mol. The van der Waals surface area contributed by atoms with Crippen molar-refractivity contribution in [2.45, 2.75) is 50.6 Å². The molecule has 2 atom stereocenters. The molecule has 2 unspecified atom stereocenters. The largest absolute Gasteiger partial charge is 0.338 e. The van der Waals surface area contributed by atoms with Crippen LogP contribution in [0.15, 0.2) is 0 Å². The molecular formula is C14H25N3O. The lowest BCUT2D eigenvalue weighted by atomic mass is 9.93. The third-order valence-electron chi connectivity index (χ3n) is 5.01. The number of hydrogen-bond donors (Lipinski definition) is 1. The van der Waals surface area contributed by atoms with Gasteiger partial charge in [0, 0.05) is 25.7 Å². The Morgan fingerprint density at radius 1 is 1.17 bits per heavy atom. The van der Waals surface area contributed by atoms with Gasteiger partial charge in [0.2, 0.25) is 5.91 Å². The number of piperidine rings is 1. The summed E-state index contributed by atoms with van der Waals surface area (Å²) in [5.74, 6) is 0.615. The van der Waals surface area contributed by atoms with Gasteiger partial charge in [0.25, 0.3) is 0 Å². The predicted octanol–water partition coefficient (Wildman–Crippen LogP) is 0.811. The van der Waals surface area contributed by atoms with Gasteiger partial charge in [-0.15, -0.1) is 0 Å². The van der Waals surface area contributed by atoms with Crippen LogP contribution in [0.2, 0.25) is 0 Å². The van der Waals surface area contributed by atoms with Crippen LogP contribution < -0.4 is 5.73 Å². The number of piperazine rings is 1. The number of nitrogens with zero attached hydrogens (tertiary/aromatic N) is 2. The molecule has 1 amide bonds. The molecule has 1 saturated carbocycles. The number of carbonyl (C=O) groups excluding carboxylic acids is 1. The summed E-state index contributed by atoms with van der Waals surface area (Å²) in [5, 5.41) is 0. The van der Waals surface area contributed by atoms with Gasteiger partial charge < -0.3 is 10.6 Å². The van der Waals surface area contributed by atoms with Crippen LogP contribution in [0.25, 0.3) is 0 Å². The second kappa shape index (κ2) is 4.49. The van der Waals surface area contributed by atoms with E-state index in [0.29, 0.717) is 12.0 Å². The fourth-order valence-corrected chi connectivity index (χ4v) is 3.54. The quantitative estimate of drug-likeness (QED) is 0.790. The Hall–Kier alpha value is -0.610. The lowest BCUT2D eigenvalue weighted by molar-refractivity contribution is -0.140. The van der Waals surface area contributed by atoms with Crippen LogP contribution in [0.4, 0.5) is 0 Å². The van der Waals surface area contributed by atoms with Gasteiger partial charge in [-0.1, -0.05) is 6.42 Å². The molecule has 2 saturated heterocycles. The summed E-state index contributed by atoms with van der Waals surface area (Å²) in [5.41, 5.74) is 5.65. The van der Waals surface area contributed by atoms with Crippen molar-refractivity contribution in [2.24, 2.45) is 11.7 Å². The maximum Gasteiger partial charge on any atom is 0.242 e. The van der Waals surface area contributed by atoms with E-state index in [1.165, 1.54) is 25.8 Å². The summed E-state index contributed by atoms with van der Waals surface area (Å²) >= 11 is 0. The van der Waals surface area contributed by atoms with E-state index in [2.05, 4.69) is 4.90 Å². The first-order chi connectivity index (χ1) is 8.59. The molecule has 4 nitrogen and oxygen atoms in total. The van der Waals surface area contributed by atoms with E-state index in [1.807, 2.05) is 11.8 Å². The van der Waals surface area contributed by atoms with Crippen molar-refractivity contribution in [3.63, 3.8) is 0 Å². The van der Waals surface area contributed by atoms with Crippen molar-refractivity contribution in [1.82, 2.24) is 9.80 Å². The highest BCUT2D eigenvalue weighted by Gasteiger charge is 2.47. The Kier molecular flexibility index (Phi) is 3.10. The van der Waals surface area contributed by atoms with E-state index in [4.69, 9.17) is 5.73 Å². The number of fused-ring (bicyclic) bond motifs is 1. The van der Waals surface area contributed by atoms with Crippen LogP contribution in [-0.2, 0) is 4.79 Å². The van der Waals surface area contributed by atoms with Gasteiger partial charge in [0.05, 0.1) is 5.54 Å². The van der Waals surface area contributed by atoms with Gasteiger partial charge in [0.1, 0.15) is 0 Å². The zero-order valence-electron chi connectivity index (χ0n) is 11.4. The second-order valence-electron chi connectivity index (χ2n) is 6.49. The summed E-state index contributed by atoms with van der Waals surface area (Å²) in [4.78, 5) is 17.1. The third kappa shape index (κ3) is 2.16. The van der Waals surface area contributed by atoms with E-state index in [9.17, 15) is 4.79 Å². The summed E-state index contributed by atoms with van der Waals surface area (Å²) in [6.07, 6.45) is 6.13. The fourth-order valence-electron chi connectivity index (χ4n) is 3.54. The minimum Gasteiger partial charge on any atom is -0.338 e. The molecule has 4 heteroatoms. The predicted molar refractivity (Wildman–Crippen MR) is 71.1 cm³/mol. The molecule has 102 valence electrons. The minimum absolute atomic E-state index is 0.190. The van der Waals surface area contributed by atoms with Gasteiger partial charge in [0.15, 0.2) is 0 Å². The second-order valence-corrected chi connectivity index (χ2v) is 6.49. The van der Waals surface area contributed by atoms with Crippen molar-refractivity contribution >= 4 is 5.91 Å². The summed E-state index contributed by atoms with van der Waals surface area (Å²) in [6.45, 7) is 5.96. The normalized spacial score (nSPS) is 32.8. The van der Waals surface area contributed by atoms with Crippen molar-refractivity contribution in [1.29, 1.82) is 0 Å². The molecule has 18 heavy (non-hydrogen) atoms. The molecule has 1 aliphatic carbocycles. The van der Waals surface area contributed by atoms with Gasteiger partial charge in [-0.2, -0.15) is 0 Å². The molecule has 0 radical (unpaired) electrons. The minimum atomic E-state index is -0.614. The lowest BCUT2D eigenvalue weighted by Crippen LogP contribution is -2.62. The zero-order valence-corrected chi connectivity index (χ0v) is 11.4. The lowest BCUT2D eigenvalue weighted by Gasteiger charge is -2.45. The number of hydrogen-bond acceptors (Lipinski definition) is 3. The maximum atomic E-state index is 12.6. The molecule has 2 aliphatic heterocycles. The molecule has 0 aromatic rings. The van der Waals surface area contributed by atoms with Gasteiger partial charge in [-0.3, -0.25) is 9.69 Å². The Morgan fingerprint density at radius 3 is 2.67 bits per heavy atom. The molecule has 0 aromatic heterocycles.